The van der Waals surface area contributed by atoms with Crippen molar-refractivity contribution in [2.24, 2.45) is 0 Å². The third kappa shape index (κ3) is 2.91. The van der Waals surface area contributed by atoms with Crippen molar-refractivity contribution in [1.82, 2.24) is 4.98 Å². The Balaban J connectivity index is 1.88. The zero-order valence-electron chi connectivity index (χ0n) is 9.63. The number of nitro groups is 1. The fraction of sp³-hybridized carbons (Fsp3) is 0.545. The molecular formula is C11H15N3O3. The fourth-order valence-electron chi connectivity index (χ4n) is 1.88. The van der Waals surface area contributed by atoms with Gasteiger partial charge < -0.3 is 10.1 Å². The summed E-state index contributed by atoms with van der Waals surface area (Å²) >= 11 is 0. The van der Waals surface area contributed by atoms with Crippen LogP contribution in [0.15, 0.2) is 18.3 Å². The molecule has 0 aliphatic heterocycles. The van der Waals surface area contributed by atoms with Crippen molar-refractivity contribution < 1.29 is 9.66 Å². The van der Waals surface area contributed by atoms with Crippen LogP contribution < -0.4 is 5.32 Å². The summed E-state index contributed by atoms with van der Waals surface area (Å²) in [7, 11) is 0. The van der Waals surface area contributed by atoms with Gasteiger partial charge in [-0.1, -0.05) is 0 Å². The highest BCUT2D eigenvalue weighted by Gasteiger charge is 2.29. The lowest BCUT2D eigenvalue weighted by molar-refractivity contribution is -0.384. The number of rotatable bonds is 5. The lowest BCUT2D eigenvalue weighted by Gasteiger charge is -2.35. The summed E-state index contributed by atoms with van der Waals surface area (Å²) < 4.78 is 5.44. The normalized spacial score (nSPS) is 22.9. The van der Waals surface area contributed by atoms with E-state index in [9.17, 15) is 10.1 Å². The van der Waals surface area contributed by atoms with Gasteiger partial charge >= 0.3 is 0 Å². The average molecular weight is 237 g/mol. The smallest absolute Gasteiger partial charge is 0.274 e. The second-order valence-electron chi connectivity index (χ2n) is 4.05. The first-order valence-corrected chi connectivity index (χ1v) is 5.67. The highest BCUT2D eigenvalue weighted by Crippen LogP contribution is 2.26. The van der Waals surface area contributed by atoms with E-state index in [1.807, 2.05) is 6.92 Å². The second kappa shape index (κ2) is 5.09. The fourth-order valence-corrected chi connectivity index (χ4v) is 1.88. The zero-order chi connectivity index (χ0) is 12.3. The maximum Gasteiger partial charge on any atom is 0.274 e. The van der Waals surface area contributed by atoms with Gasteiger partial charge in [0.25, 0.3) is 5.69 Å². The standard InChI is InChI=1S/C11H15N3O3/c1-2-17-10-5-8(6-10)13-11-7-9(14(15)16)3-4-12-11/h3-4,7-8,10H,2,5-6H2,1H3,(H,12,13). The Morgan fingerprint density at radius 2 is 2.41 bits per heavy atom. The minimum atomic E-state index is -0.420. The molecular weight excluding hydrogens is 222 g/mol. The maximum atomic E-state index is 10.6. The van der Waals surface area contributed by atoms with Crippen molar-refractivity contribution in [1.29, 1.82) is 0 Å². The highest BCUT2D eigenvalue weighted by atomic mass is 16.6. The van der Waals surface area contributed by atoms with Gasteiger partial charge in [0.05, 0.1) is 17.1 Å². The Kier molecular flexibility index (Phi) is 3.53. The van der Waals surface area contributed by atoms with Gasteiger partial charge in [-0.2, -0.15) is 0 Å². The van der Waals surface area contributed by atoms with Crippen LogP contribution in [0.25, 0.3) is 0 Å². The predicted molar refractivity (Wildman–Crippen MR) is 63.0 cm³/mol. The minimum absolute atomic E-state index is 0.0585. The largest absolute Gasteiger partial charge is 0.378 e. The molecule has 92 valence electrons. The molecule has 0 atom stereocenters. The SMILES string of the molecule is CCOC1CC(Nc2cc([N+](=O)[O-])ccn2)C1. The lowest BCUT2D eigenvalue weighted by atomic mass is 9.89. The van der Waals surface area contributed by atoms with Gasteiger partial charge in [-0.05, 0) is 19.8 Å². The molecule has 6 nitrogen and oxygen atoms in total. The Morgan fingerprint density at radius 3 is 3.06 bits per heavy atom. The number of hydrogen-bond donors (Lipinski definition) is 1. The summed E-state index contributed by atoms with van der Waals surface area (Å²) in [6, 6.07) is 3.14. The number of ether oxygens (including phenoxy) is 1. The number of hydrogen-bond acceptors (Lipinski definition) is 5. The van der Waals surface area contributed by atoms with Gasteiger partial charge in [0.15, 0.2) is 0 Å². The molecule has 1 heterocycles. The monoisotopic (exact) mass is 237 g/mol. The molecule has 0 amide bonds. The molecule has 0 radical (unpaired) electrons. The molecule has 1 aromatic rings. The van der Waals surface area contributed by atoms with Crippen LogP contribution in [-0.4, -0.2) is 28.7 Å². The van der Waals surface area contributed by atoms with Crippen LogP contribution in [0.1, 0.15) is 19.8 Å². The molecule has 0 spiro atoms. The topological polar surface area (TPSA) is 77.3 Å². The highest BCUT2D eigenvalue weighted by molar-refractivity contribution is 5.45. The number of nitrogens with zero attached hydrogens (tertiary/aromatic N) is 2. The summed E-state index contributed by atoms with van der Waals surface area (Å²) in [5.41, 5.74) is 0.0585. The van der Waals surface area contributed by atoms with E-state index in [-0.39, 0.29) is 5.69 Å². The zero-order valence-corrected chi connectivity index (χ0v) is 9.63. The molecule has 17 heavy (non-hydrogen) atoms. The quantitative estimate of drug-likeness (QED) is 0.625. The number of pyridine rings is 1. The lowest BCUT2D eigenvalue weighted by Crippen LogP contribution is -2.41. The van der Waals surface area contributed by atoms with Gasteiger partial charge in [0.2, 0.25) is 0 Å². The first-order valence-electron chi connectivity index (χ1n) is 5.67. The molecule has 1 aliphatic rings. The Hall–Kier alpha value is -1.69. The molecule has 0 saturated heterocycles. The van der Waals surface area contributed by atoms with Crippen LogP contribution >= 0.6 is 0 Å². The van der Waals surface area contributed by atoms with Crippen LogP contribution in [0.4, 0.5) is 11.5 Å². The van der Waals surface area contributed by atoms with Crippen LogP contribution in [0, 0.1) is 10.1 Å². The van der Waals surface area contributed by atoms with E-state index in [0.717, 1.165) is 19.4 Å². The van der Waals surface area contributed by atoms with Crippen molar-refractivity contribution in [2.45, 2.75) is 31.9 Å². The van der Waals surface area contributed by atoms with E-state index >= 15 is 0 Å². The second-order valence-corrected chi connectivity index (χ2v) is 4.05. The first kappa shape index (κ1) is 11.8. The van der Waals surface area contributed by atoms with Crippen LogP contribution in [0.2, 0.25) is 0 Å². The van der Waals surface area contributed by atoms with Crippen LogP contribution in [0.5, 0.6) is 0 Å². The van der Waals surface area contributed by atoms with Gasteiger partial charge in [0, 0.05) is 24.9 Å². The maximum absolute atomic E-state index is 10.6. The van der Waals surface area contributed by atoms with E-state index < -0.39 is 4.92 Å². The average Bonchev–Trinajstić information content (AvgIpc) is 2.27. The summed E-state index contributed by atoms with van der Waals surface area (Å²) in [6.45, 7) is 2.70. The first-order chi connectivity index (χ1) is 8.19. The minimum Gasteiger partial charge on any atom is -0.378 e. The molecule has 0 unspecified atom stereocenters. The molecule has 2 rings (SSSR count). The summed E-state index contributed by atoms with van der Waals surface area (Å²) in [4.78, 5) is 14.2. The number of nitrogens with one attached hydrogen (secondary N) is 1. The van der Waals surface area contributed by atoms with E-state index in [1.54, 1.807) is 0 Å². The van der Waals surface area contributed by atoms with Crippen molar-refractivity contribution in [3.63, 3.8) is 0 Å². The van der Waals surface area contributed by atoms with Gasteiger partial charge in [-0.15, -0.1) is 0 Å². The van der Waals surface area contributed by atoms with Crippen molar-refractivity contribution in [3.05, 3.63) is 28.4 Å². The molecule has 6 heteroatoms. The molecule has 1 aliphatic carbocycles. The van der Waals surface area contributed by atoms with Crippen LogP contribution in [-0.2, 0) is 4.74 Å². The van der Waals surface area contributed by atoms with Crippen molar-refractivity contribution >= 4 is 11.5 Å². The Morgan fingerprint density at radius 1 is 1.65 bits per heavy atom. The summed E-state index contributed by atoms with van der Waals surface area (Å²) in [5, 5.41) is 13.8. The van der Waals surface area contributed by atoms with Crippen molar-refractivity contribution in [2.75, 3.05) is 11.9 Å². The third-order valence-corrected chi connectivity index (χ3v) is 2.80. The molecule has 0 aromatic carbocycles. The van der Waals surface area contributed by atoms with Gasteiger partial charge in [0.1, 0.15) is 5.82 Å². The van der Waals surface area contributed by atoms with E-state index in [2.05, 4.69) is 10.3 Å². The van der Waals surface area contributed by atoms with Gasteiger partial charge in [-0.3, -0.25) is 10.1 Å². The molecule has 1 aromatic heterocycles. The van der Waals surface area contributed by atoms with Crippen LogP contribution in [0.3, 0.4) is 0 Å². The van der Waals surface area contributed by atoms with Crippen molar-refractivity contribution in [3.8, 4) is 0 Å². The molecule has 1 fully saturated rings. The summed E-state index contributed by atoms with van der Waals surface area (Å²) in [5.74, 6) is 0.555. The van der Waals surface area contributed by atoms with E-state index in [4.69, 9.17) is 4.74 Å². The predicted octanol–water partition coefficient (Wildman–Crippen LogP) is 1.97. The molecule has 1 saturated carbocycles. The third-order valence-electron chi connectivity index (χ3n) is 2.80. The van der Waals surface area contributed by atoms with E-state index in [1.165, 1.54) is 18.3 Å². The Bertz CT molecular complexity index is 405. The number of aromatic nitrogens is 1. The Labute approximate surface area is 99.2 Å². The number of anilines is 1. The van der Waals surface area contributed by atoms with Gasteiger partial charge in [-0.25, -0.2) is 4.98 Å². The molecule has 1 N–H and O–H groups in total. The van der Waals surface area contributed by atoms with E-state index in [0.29, 0.717) is 18.0 Å². The molecule has 0 bridgehead atoms. The summed E-state index contributed by atoms with van der Waals surface area (Å²) in [6.07, 6.45) is 3.62.